The first-order valence-electron chi connectivity index (χ1n) is 7.91. The number of rotatable bonds is 8. The third kappa shape index (κ3) is 6.46. The number of ether oxygens (including phenoxy) is 1. The zero-order chi connectivity index (χ0) is 17.2. The van der Waals surface area contributed by atoms with Gasteiger partial charge in [-0.25, -0.2) is 5.43 Å². The summed E-state index contributed by atoms with van der Waals surface area (Å²) in [6.07, 6.45) is 2.61. The second-order valence-electron chi connectivity index (χ2n) is 5.31. The number of benzene rings is 2. The van der Waals surface area contributed by atoms with Crippen molar-refractivity contribution in [1.82, 2.24) is 5.43 Å². The van der Waals surface area contributed by atoms with Crippen LogP contribution in [0.5, 0.6) is 5.75 Å². The monoisotopic (exact) mass is 342 g/mol. The Kier molecular flexibility index (Phi) is 7.36. The van der Waals surface area contributed by atoms with Crippen LogP contribution in [0.25, 0.3) is 0 Å². The van der Waals surface area contributed by atoms with Crippen molar-refractivity contribution in [3.8, 4) is 5.75 Å². The Morgan fingerprint density at radius 2 is 1.88 bits per heavy atom. The molecule has 4 nitrogen and oxygen atoms in total. The lowest BCUT2D eigenvalue weighted by Crippen LogP contribution is -2.19. The number of carbonyl (C=O) groups excluding carboxylic acids is 1. The molecule has 0 aromatic heterocycles. The summed E-state index contributed by atoms with van der Waals surface area (Å²) in [5.41, 5.74) is 4.66. The summed E-state index contributed by atoms with van der Waals surface area (Å²) in [4.78, 5) is 12.9. The van der Waals surface area contributed by atoms with E-state index in [2.05, 4.69) is 17.5 Å². The Morgan fingerprint density at radius 1 is 1.17 bits per heavy atom. The molecule has 0 heterocycles. The number of aryl methyl sites for hydroxylation is 1. The van der Waals surface area contributed by atoms with Gasteiger partial charge in [0.2, 0.25) is 5.91 Å². The molecule has 2 aromatic carbocycles. The van der Waals surface area contributed by atoms with Crippen LogP contribution >= 0.6 is 11.8 Å². The van der Waals surface area contributed by atoms with Crippen molar-refractivity contribution < 1.29 is 9.53 Å². The largest absolute Gasteiger partial charge is 0.494 e. The van der Waals surface area contributed by atoms with Crippen molar-refractivity contribution in [2.24, 2.45) is 5.10 Å². The van der Waals surface area contributed by atoms with E-state index in [0.29, 0.717) is 12.4 Å². The van der Waals surface area contributed by atoms with Gasteiger partial charge in [-0.3, -0.25) is 4.79 Å². The first-order valence-corrected chi connectivity index (χ1v) is 8.90. The topological polar surface area (TPSA) is 50.7 Å². The summed E-state index contributed by atoms with van der Waals surface area (Å²) in [5.74, 6) is 1.05. The Balaban J connectivity index is 1.74. The van der Waals surface area contributed by atoms with Gasteiger partial charge < -0.3 is 4.74 Å². The summed E-state index contributed by atoms with van der Waals surface area (Å²) < 4.78 is 5.52. The molecule has 0 aliphatic carbocycles. The van der Waals surface area contributed by atoms with E-state index in [9.17, 15) is 4.79 Å². The van der Waals surface area contributed by atoms with Crippen LogP contribution in [0.3, 0.4) is 0 Å². The SMILES string of the molecule is CCCOc1ccc(C=NNC(=O)CSc2ccc(C)cc2)cc1. The Bertz CT molecular complexity index is 667. The minimum Gasteiger partial charge on any atom is -0.494 e. The predicted molar refractivity (Wildman–Crippen MR) is 99.9 cm³/mol. The second kappa shape index (κ2) is 9.78. The van der Waals surface area contributed by atoms with Gasteiger partial charge in [0, 0.05) is 4.90 Å². The van der Waals surface area contributed by atoms with Gasteiger partial charge in [-0.15, -0.1) is 11.8 Å². The molecule has 1 amide bonds. The van der Waals surface area contributed by atoms with Gasteiger partial charge in [-0.2, -0.15) is 5.10 Å². The van der Waals surface area contributed by atoms with Gasteiger partial charge >= 0.3 is 0 Å². The summed E-state index contributed by atoms with van der Waals surface area (Å²) in [5, 5.41) is 3.98. The van der Waals surface area contributed by atoms with Gasteiger partial charge in [-0.05, 0) is 55.3 Å². The number of hydrogen-bond acceptors (Lipinski definition) is 4. The minimum atomic E-state index is -0.125. The fraction of sp³-hybridized carbons (Fsp3) is 0.263. The highest BCUT2D eigenvalue weighted by molar-refractivity contribution is 8.00. The van der Waals surface area contributed by atoms with Crippen LogP contribution in [0, 0.1) is 6.92 Å². The van der Waals surface area contributed by atoms with Crippen molar-refractivity contribution in [1.29, 1.82) is 0 Å². The van der Waals surface area contributed by atoms with Crippen LogP contribution in [0.4, 0.5) is 0 Å². The van der Waals surface area contributed by atoms with E-state index >= 15 is 0 Å². The number of hydrogen-bond donors (Lipinski definition) is 1. The summed E-state index contributed by atoms with van der Waals surface area (Å²) in [7, 11) is 0. The van der Waals surface area contributed by atoms with Crippen LogP contribution < -0.4 is 10.2 Å². The lowest BCUT2D eigenvalue weighted by atomic mass is 10.2. The molecule has 0 spiro atoms. The highest BCUT2D eigenvalue weighted by Gasteiger charge is 2.01. The molecule has 24 heavy (non-hydrogen) atoms. The molecule has 0 fully saturated rings. The van der Waals surface area contributed by atoms with Crippen LogP contribution in [0.15, 0.2) is 58.5 Å². The Labute approximate surface area is 147 Å². The lowest BCUT2D eigenvalue weighted by Gasteiger charge is -2.04. The number of carbonyl (C=O) groups is 1. The molecule has 0 radical (unpaired) electrons. The molecule has 0 saturated carbocycles. The van der Waals surface area contributed by atoms with E-state index in [-0.39, 0.29) is 5.91 Å². The average molecular weight is 342 g/mol. The van der Waals surface area contributed by atoms with Crippen molar-refractivity contribution in [3.63, 3.8) is 0 Å². The summed E-state index contributed by atoms with van der Waals surface area (Å²) in [6, 6.07) is 15.7. The van der Waals surface area contributed by atoms with Crippen LogP contribution in [0.1, 0.15) is 24.5 Å². The van der Waals surface area contributed by atoms with E-state index in [4.69, 9.17) is 4.74 Å². The molecule has 0 saturated heterocycles. The number of thioether (sulfide) groups is 1. The molecule has 126 valence electrons. The molecule has 0 unspecified atom stereocenters. The molecule has 0 atom stereocenters. The smallest absolute Gasteiger partial charge is 0.250 e. The number of hydrazone groups is 1. The summed E-state index contributed by atoms with van der Waals surface area (Å²) >= 11 is 1.49. The van der Waals surface area contributed by atoms with E-state index in [0.717, 1.165) is 22.6 Å². The first kappa shape index (κ1) is 18.1. The maximum atomic E-state index is 11.8. The summed E-state index contributed by atoms with van der Waals surface area (Å²) in [6.45, 7) is 4.82. The third-order valence-corrected chi connectivity index (χ3v) is 4.16. The Hall–Kier alpha value is -2.27. The van der Waals surface area contributed by atoms with Gasteiger partial charge in [-0.1, -0.05) is 24.6 Å². The fourth-order valence-corrected chi connectivity index (χ4v) is 2.56. The van der Waals surface area contributed by atoms with Crippen LogP contribution in [0.2, 0.25) is 0 Å². The molecular formula is C19H22N2O2S. The Morgan fingerprint density at radius 3 is 2.54 bits per heavy atom. The zero-order valence-electron chi connectivity index (χ0n) is 14.0. The standard InChI is InChI=1S/C19H22N2O2S/c1-3-12-23-17-8-6-16(7-9-17)13-20-21-19(22)14-24-18-10-4-15(2)5-11-18/h4-11,13H,3,12,14H2,1-2H3,(H,21,22). The van der Waals surface area contributed by atoms with E-state index in [1.807, 2.05) is 55.5 Å². The molecule has 5 heteroatoms. The molecule has 2 rings (SSSR count). The van der Waals surface area contributed by atoms with Gasteiger partial charge in [0.15, 0.2) is 0 Å². The molecule has 0 aliphatic rings. The maximum Gasteiger partial charge on any atom is 0.250 e. The molecular weight excluding hydrogens is 320 g/mol. The maximum absolute atomic E-state index is 11.8. The predicted octanol–water partition coefficient (Wildman–Crippen LogP) is 4.03. The van der Waals surface area contributed by atoms with Crippen molar-refractivity contribution in [2.45, 2.75) is 25.2 Å². The molecule has 0 bridgehead atoms. The molecule has 1 N–H and O–H groups in total. The second-order valence-corrected chi connectivity index (χ2v) is 6.36. The van der Waals surface area contributed by atoms with Gasteiger partial charge in [0.05, 0.1) is 18.6 Å². The number of amides is 1. The zero-order valence-corrected chi connectivity index (χ0v) is 14.8. The quantitative estimate of drug-likeness (QED) is 0.448. The highest BCUT2D eigenvalue weighted by Crippen LogP contribution is 2.17. The van der Waals surface area contributed by atoms with Gasteiger partial charge in [0.1, 0.15) is 5.75 Å². The van der Waals surface area contributed by atoms with Crippen molar-refractivity contribution >= 4 is 23.9 Å². The minimum absolute atomic E-state index is 0.125. The normalized spacial score (nSPS) is 10.8. The lowest BCUT2D eigenvalue weighted by molar-refractivity contribution is -0.118. The van der Waals surface area contributed by atoms with E-state index < -0.39 is 0 Å². The fourth-order valence-electron chi connectivity index (χ4n) is 1.86. The highest BCUT2D eigenvalue weighted by atomic mass is 32.2. The van der Waals surface area contributed by atoms with E-state index in [1.54, 1.807) is 6.21 Å². The first-order chi connectivity index (χ1) is 11.7. The number of nitrogens with zero attached hydrogens (tertiary/aromatic N) is 1. The van der Waals surface area contributed by atoms with Crippen molar-refractivity contribution in [2.75, 3.05) is 12.4 Å². The molecule has 2 aromatic rings. The van der Waals surface area contributed by atoms with Gasteiger partial charge in [0.25, 0.3) is 0 Å². The molecule has 0 aliphatic heterocycles. The van der Waals surface area contributed by atoms with Crippen LogP contribution in [-0.2, 0) is 4.79 Å². The van der Waals surface area contributed by atoms with Crippen LogP contribution in [-0.4, -0.2) is 24.5 Å². The average Bonchev–Trinajstić information content (AvgIpc) is 2.60. The van der Waals surface area contributed by atoms with E-state index in [1.165, 1.54) is 17.3 Å². The number of nitrogens with one attached hydrogen (secondary N) is 1. The van der Waals surface area contributed by atoms with Crippen molar-refractivity contribution in [3.05, 3.63) is 59.7 Å². The third-order valence-electron chi connectivity index (χ3n) is 3.15.